The van der Waals surface area contributed by atoms with E-state index in [-0.39, 0.29) is 17.2 Å². The molecule has 1 atom stereocenters. The van der Waals surface area contributed by atoms with Crippen LogP contribution in [0.3, 0.4) is 0 Å². The number of rotatable bonds is 2. The summed E-state index contributed by atoms with van der Waals surface area (Å²) < 4.78 is 0. The summed E-state index contributed by atoms with van der Waals surface area (Å²) in [6.45, 7) is 1.59. The van der Waals surface area contributed by atoms with Crippen molar-refractivity contribution in [3.63, 3.8) is 0 Å². The maximum Gasteiger partial charge on any atom is 0.182 e. The largest absolute Gasteiger partial charge is 0.383 e. The van der Waals surface area contributed by atoms with Crippen LogP contribution in [0.2, 0.25) is 5.02 Å². The van der Waals surface area contributed by atoms with E-state index in [1.54, 1.807) is 6.92 Å². The molecule has 0 radical (unpaired) electrons. The van der Waals surface area contributed by atoms with Gasteiger partial charge >= 0.3 is 0 Å². The van der Waals surface area contributed by atoms with Gasteiger partial charge in [-0.1, -0.05) is 11.6 Å². The number of hydrogen-bond donors (Lipinski definition) is 2. The third-order valence-corrected chi connectivity index (χ3v) is 1.77. The normalized spacial score (nSPS) is 12.5. The van der Waals surface area contributed by atoms with Gasteiger partial charge in [-0.3, -0.25) is 4.79 Å². The third-order valence-electron chi connectivity index (χ3n) is 1.56. The highest BCUT2D eigenvalue weighted by atomic mass is 35.5. The third kappa shape index (κ3) is 2.17. The second-order valence-corrected chi connectivity index (χ2v) is 3.18. The first-order valence-electron chi connectivity index (χ1n) is 3.73. The molecule has 0 bridgehead atoms. The van der Waals surface area contributed by atoms with Gasteiger partial charge in [0.15, 0.2) is 5.78 Å². The van der Waals surface area contributed by atoms with Gasteiger partial charge in [0, 0.05) is 6.20 Å². The van der Waals surface area contributed by atoms with Crippen molar-refractivity contribution in [3.8, 4) is 0 Å². The van der Waals surface area contributed by atoms with Gasteiger partial charge in [-0.25, -0.2) is 4.98 Å². The Bertz CT molecular complexity index is 338. The maximum absolute atomic E-state index is 11.4. The number of nitrogens with two attached hydrogens (primary N) is 2. The highest BCUT2D eigenvalue weighted by Crippen LogP contribution is 2.15. The zero-order valence-corrected chi connectivity index (χ0v) is 7.88. The lowest BCUT2D eigenvalue weighted by molar-refractivity contribution is 0.0968. The van der Waals surface area contributed by atoms with E-state index >= 15 is 0 Å². The van der Waals surface area contributed by atoms with E-state index in [2.05, 4.69) is 4.98 Å². The van der Waals surface area contributed by atoms with Crippen LogP contribution in [0.1, 0.15) is 17.3 Å². The van der Waals surface area contributed by atoms with Crippen LogP contribution in [0.5, 0.6) is 0 Å². The Hall–Kier alpha value is -1.13. The molecule has 0 aromatic carbocycles. The van der Waals surface area contributed by atoms with Crippen molar-refractivity contribution in [2.75, 3.05) is 5.73 Å². The molecule has 13 heavy (non-hydrogen) atoms. The molecule has 0 fully saturated rings. The van der Waals surface area contributed by atoms with Crippen LogP contribution in [0.4, 0.5) is 5.82 Å². The van der Waals surface area contributed by atoms with Crippen molar-refractivity contribution in [1.82, 2.24) is 4.98 Å². The summed E-state index contributed by atoms with van der Waals surface area (Å²) in [7, 11) is 0. The number of nitrogen functional groups attached to an aromatic ring is 1. The van der Waals surface area contributed by atoms with Crippen LogP contribution < -0.4 is 11.5 Å². The number of aromatic nitrogens is 1. The molecule has 0 aliphatic heterocycles. The van der Waals surface area contributed by atoms with Gasteiger partial charge in [-0.05, 0) is 13.0 Å². The number of carbonyl (C=O) groups excluding carboxylic acids is 1. The summed E-state index contributed by atoms with van der Waals surface area (Å²) in [6.07, 6.45) is 1.38. The Morgan fingerprint density at radius 2 is 2.31 bits per heavy atom. The number of Topliss-reactive ketones (excluding diaryl/α,β-unsaturated/α-hetero) is 1. The molecule has 1 heterocycles. The topological polar surface area (TPSA) is 82.0 Å². The van der Waals surface area contributed by atoms with Gasteiger partial charge in [0.05, 0.1) is 16.6 Å². The number of ketones is 1. The Morgan fingerprint density at radius 3 is 2.85 bits per heavy atom. The predicted molar refractivity (Wildman–Crippen MR) is 51.6 cm³/mol. The van der Waals surface area contributed by atoms with Crippen LogP contribution >= 0.6 is 11.6 Å². The average Bonchev–Trinajstić information content (AvgIpc) is 2.08. The molecule has 0 saturated heterocycles. The lowest BCUT2D eigenvalue weighted by atomic mass is 10.1. The molecular formula is C8H10ClN3O. The minimum absolute atomic E-state index is 0.159. The average molecular weight is 200 g/mol. The van der Waals surface area contributed by atoms with Crippen molar-refractivity contribution < 1.29 is 4.79 Å². The second-order valence-electron chi connectivity index (χ2n) is 2.74. The first-order valence-corrected chi connectivity index (χ1v) is 4.11. The molecule has 5 heteroatoms. The Morgan fingerprint density at radius 1 is 1.69 bits per heavy atom. The van der Waals surface area contributed by atoms with E-state index in [0.29, 0.717) is 5.02 Å². The molecule has 4 N–H and O–H groups in total. The number of pyridine rings is 1. The summed E-state index contributed by atoms with van der Waals surface area (Å²) in [6, 6.07) is 0.873. The number of nitrogens with zero attached hydrogens (tertiary/aromatic N) is 1. The summed E-state index contributed by atoms with van der Waals surface area (Å²) in [4.78, 5) is 15.2. The smallest absolute Gasteiger partial charge is 0.182 e. The van der Waals surface area contributed by atoms with Crippen molar-refractivity contribution >= 4 is 23.2 Å². The lowest BCUT2D eigenvalue weighted by Crippen LogP contribution is -2.27. The molecule has 0 aliphatic rings. The van der Waals surface area contributed by atoms with E-state index in [0.717, 1.165) is 0 Å². The SMILES string of the molecule is CC(N)C(=O)c1cc(Cl)cnc1N. The van der Waals surface area contributed by atoms with E-state index in [1.807, 2.05) is 0 Å². The molecular weight excluding hydrogens is 190 g/mol. The van der Waals surface area contributed by atoms with Gasteiger partial charge in [-0.2, -0.15) is 0 Å². The molecule has 0 aliphatic carbocycles. The number of carbonyl (C=O) groups is 1. The van der Waals surface area contributed by atoms with Crippen LogP contribution in [-0.2, 0) is 0 Å². The van der Waals surface area contributed by atoms with Crippen molar-refractivity contribution in [3.05, 3.63) is 22.8 Å². The van der Waals surface area contributed by atoms with Gasteiger partial charge in [-0.15, -0.1) is 0 Å². The zero-order chi connectivity index (χ0) is 10.0. The van der Waals surface area contributed by atoms with Crippen molar-refractivity contribution in [2.24, 2.45) is 5.73 Å². The van der Waals surface area contributed by atoms with Gasteiger partial charge in [0.25, 0.3) is 0 Å². The summed E-state index contributed by atoms with van der Waals surface area (Å²) in [5.41, 5.74) is 11.2. The first-order chi connectivity index (χ1) is 6.02. The first kappa shape index (κ1) is 9.95. The van der Waals surface area contributed by atoms with E-state index in [4.69, 9.17) is 23.1 Å². The molecule has 0 saturated carbocycles. The fourth-order valence-corrected chi connectivity index (χ4v) is 1.05. The van der Waals surface area contributed by atoms with Gasteiger partial charge in [0.1, 0.15) is 5.82 Å². The van der Waals surface area contributed by atoms with E-state index < -0.39 is 6.04 Å². The summed E-state index contributed by atoms with van der Waals surface area (Å²) >= 11 is 5.65. The monoisotopic (exact) mass is 199 g/mol. The maximum atomic E-state index is 11.4. The minimum atomic E-state index is -0.595. The Kier molecular flexibility index (Phi) is 2.85. The summed E-state index contributed by atoms with van der Waals surface area (Å²) in [5, 5.41) is 0.373. The molecule has 4 nitrogen and oxygen atoms in total. The quantitative estimate of drug-likeness (QED) is 0.692. The predicted octanol–water partition coefficient (Wildman–Crippen LogP) is 0.847. The number of anilines is 1. The highest BCUT2D eigenvalue weighted by Gasteiger charge is 2.14. The van der Waals surface area contributed by atoms with Crippen LogP contribution in [0.25, 0.3) is 0 Å². The lowest BCUT2D eigenvalue weighted by Gasteiger charge is -2.06. The second kappa shape index (κ2) is 3.72. The van der Waals surface area contributed by atoms with E-state index in [9.17, 15) is 4.79 Å². The van der Waals surface area contributed by atoms with Crippen molar-refractivity contribution in [1.29, 1.82) is 0 Å². The van der Waals surface area contributed by atoms with Crippen LogP contribution in [0, 0.1) is 0 Å². The van der Waals surface area contributed by atoms with Crippen LogP contribution in [-0.4, -0.2) is 16.8 Å². The van der Waals surface area contributed by atoms with Gasteiger partial charge in [0.2, 0.25) is 0 Å². The van der Waals surface area contributed by atoms with E-state index in [1.165, 1.54) is 12.3 Å². The van der Waals surface area contributed by atoms with Crippen molar-refractivity contribution in [2.45, 2.75) is 13.0 Å². The fourth-order valence-electron chi connectivity index (χ4n) is 0.892. The fraction of sp³-hybridized carbons (Fsp3) is 0.250. The molecule has 1 aromatic heterocycles. The van der Waals surface area contributed by atoms with Crippen LogP contribution in [0.15, 0.2) is 12.3 Å². The van der Waals surface area contributed by atoms with Gasteiger partial charge < -0.3 is 11.5 Å². The molecule has 1 aromatic rings. The number of hydrogen-bond acceptors (Lipinski definition) is 4. The highest BCUT2D eigenvalue weighted by molar-refractivity contribution is 6.31. The Balaban J connectivity index is 3.13. The molecule has 0 spiro atoms. The standard InChI is InChI=1S/C8H10ClN3O/c1-4(10)7(13)6-2-5(9)3-12-8(6)11/h2-4H,10H2,1H3,(H2,11,12). The molecule has 1 unspecified atom stereocenters. The minimum Gasteiger partial charge on any atom is -0.383 e. The number of halogens is 1. The zero-order valence-electron chi connectivity index (χ0n) is 7.12. The molecule has 70 valence electrons. The summed E-state index contributed by atoms with van der Waals surface area (Å²) in [5.74, 6) is -0.0980. The Labute approximate surface area is 80.9 Å². The molecule has 1 rings (SSSR count). The molecule has 0 amide bonds.